The van der Waals surface area contributed by atoms with Gasteiger partial charge in [0.1, 0.15) is 11.2 Å². The van der Waals surface area contributed by atoms with Crippen molar-refractivity contribution >= 4 is 35.2 Å². The maximum atomic E-state index is 6.57. The van der Waals surface area contributed by atoms with Crippen LogP contribution in [0.15, 0.2) is 169 Å². The summed E-state index contributed by atoms with van der Waals surface area (Å²) in [5, 5.41) is 3.80. The van der Waals surface area contributed by atoms with E-state index in [1.165, 1.54) is 80.9 Å². The van der Waals surface area contributed by atoms with Gasteiger partial charge in [0.25, 0.3) is 0 Å². The van der Waals surface area contributed by atoms with Gasteiger partial charge in [0, 0.05) is 66.2 Å². The number of para-hydroxylation sites is 1. The number of benzene rings is 5. The van der Waals surface area contributed by atoms with Gasteiger partial charge in [-0.05, 0) is 154 Å². The average molecular weight is 1170 g/mol. The maximum Gasteiger partial charge on any atom is 0.144 e. The number of fused-ring (bicyclic) bond motifs is 3. The van der Waals surface area contributed by atoms with Gasteiger partial charge >= 0.3 is 0 Å². The monoisotopic (exact) mass is 1170 g/mol. The topological polar surface area (TPSA) is 51.8 Å². The van der Waals surface area contributed by atoms with Crippen molar-refractivity contribution in [3.63, 3.8) is 0 Å². The van der Waals surface area contributed by atoms with E-state index < -0.39 is 8.07 Å². The molecule has 1 aliphatic carbocycles. The molecule has 6 heteroatoms. The van der Waals surface area contributed by atoms with Gasteiger partial charge in [-0.3, -0.25) is 15.0 Å². The van der Waals surface area contributed by atoms with E-state index >= 15 is 0 Å². The van der Waals surface area contributed by atoms with Crippen LogP contribution in [0, 0.1) is 30.6 Å². The van der Waals surface area contributed by atoms with Crippen molar-refractivity contribution in [1.29, 1.82) is 0 Å². The van der Waals surface area contributed by atoms with Crippen molar-refractivity contribution in [2.24, 2.45) is 16.7 Å². The van der Waals surface area contributed by atoms with E-state index in [9.17, 15) is 0 Å². The summed E-state index contributed by atoms with van der Waals surface area (Å²) in [6, 6.07) is 51.5. The number of pyridine rings is 3. The summed E-state index contributed by atoms with van der Waals surface area (Å²) in [5.41, 5.74) is 18.5. The first kappa shape index (κ1) is 56.0. The molecule has 1 fully saturated rings. The zero-order chi connectivity index (χ0) is 52.1. The molecule has 0 amide bonds. The molecule has 4 nitrogen and oxygen atoms in total. The Labute approximate surface area is 458 Å². The SMILES string of the molecule is CC(C)(C)Cc1cc(-c2ccccc2)ncc1[Si](C)(C)C.CC(C)(C)Cc1ccnc(-c2ccccc2)c1.Cc1cccc(C)c1-c1ccc2c(c1)oc1c(-c3cc(C(C)(C)C4CCCC4)ccn3)cccc12.[Ir]. The maximum absolute atomic E-state index is 6.57. The van der Waals surface area contributed by atoms with Crippen LogP contribution in [0.25, 0.3) is 66.8 Å². The summed E-state index contributed by atoms with van der Waals surface area (Å²) in [6.07, 6.45) is 13.6. The standard InChI is InChI=1S/C33H33NO.C19H27NSi.C16H19N.Ir/c1-21-9-7-10-22(2)31(21)23-15-16-26-27-13-8-14-28(32(27)35-30(26)19-23)29-20-25(17-18-34-29)33(3,4)24-11-5-6-12-24;1-19(2,3)13-16-12-17(15-10-8-7-9-11-15)20-14-18(16)21(4,5)6;1-16(2,3)12-13-9-10-17-15(11-13)14-7-5-4-6-8-14;/h7-10,13-20,24H,5-6,11-12H2,1-4H3;7-12,14H,13H2,1-6H3;4-11H,12H2,1-3H3;. The molecule has 0 bridgehead atoms. The van der Waals surface area contributed by atoms with Crippen molar-refractivity contribution in [2.75, 3.05) is 0 Å². The number of aryl methyl sites for hydroxylation is 2. The minimum atomic E-state index is -1.36. The number of hydrogen-bond donors (Lipinski definition) is 0. The summed E-state index contributed by atoms with van der Waals surface area (Å²) in [5.74, 6) is 0.739. The molecule has 0 spiro atoms. The molecule has 5 aromatic carbocycles. The first-order valence-electron chi connectivity index (χ1n) is 26.7. The molecule has 4 aromatic heterocycles. The summed E-state index contributed by atoms with van der Waals surface area (Å²) >= 11 is 0. The fourth-order valence-corrected chi connectivity index (χ4v) is 12.5. The Kier molecular flexibility index (Phi) is 17.7. The van der Waals surface area contributed by atoms with Crippen LogP contribution >= 0.6 is 0 Å². The fraction of sp³-hybridized carbons (Fsp3) is 0.338. The smallest absolute Gasteiger partial charge is 0.144 e. The Balaban J connectivity index is 0.000000176. The molecule has 4 heterocycles. The zero-order valence-electron chi connectivity index (χ0n) is 46.5. The van der Waals surface area contributed by atoms with E-state index in [-0.39, 0.29) is 25.5 Å². The van der Waals surface area contributed by atoms with Gasteiger partial charge in [0.15, 0.2) is 0 Å². The van der Waals surface area contributed by atoms with Gasteiger partial charge in [-0.25, -0.2) is 0 Å². The second-order valence-corrected chi connectivity index (χ2v) is 29.7. The second-order valence-electron chi connectivity index (χ2n) is 24.6. The normalized spacial score (nSPS) is 13.2. The molecule has 0 atom stereocenters. The van der Waals surface area contributed by atoms with Gasteiger partial charge in [0.05, 0.1) is 25.2 Å². The summed E-state index contributed by atoms with van der Waals surface area (Å²) < 4.78 is 6.57. The van der Waals surface area contributed by atoms with Crippen LogP contribution in [0.1, 0.15) is 109 Å². The van der Waals surface area contributed by atoms with Crippen LogP contribution in [-0.2, 0) is 38.4 Å². The molecule has 74 heavy (non-hydrogen) atoms. The summed E-state index contributed by atoms with van der Waals surface area (Å²) in [4.78, 5) is 14.0. The number of furan rings is 1. The Hall–Kier alpha value is -5.78. The first-order chi connectivity index (χ1) is 34.6. The molecular weight excluding hydrogens is 1100 g/mol. The van der Waals surface area contributed by atoms with E-state index in [2.05, 4.69) is 227 Å². The molecule has 385 valence electrons. The van der Waals surface area contributed by atoms with E-state index in [1.54, 1.807) is 0 Å². The molecule has 1 saturated carbocycles. The minimum absolute atomic E-state index is 0. The van der Waals surface area contributed by atoms with E-state index in [1.807, 2.05) is 30.6 Å². The van der Waals surface area contributed by atoms with Gasteiger partial charge in [-0.2, -0.15) is 0 Å². The third-order valence-corrected chi connectivity index (χ3v) is 16.7. The van der Waals surface area contributed by atoms with Crippen molar-refractivity contribution in [3.8, 4) is 44.9 Å². The van der Waals surface area contributed by atoms with E-state index in [0.29, 0.717) is 10.8 Å². The van der Waals surface area contributed by atoms with Crippen molar-refractivity contribution in [1.82, 2.24) is 15.0 Å². The van der Waals surface area contributed by atoms with Crippen LogP contribution in [0.2, 0.25) is 19.6 Å². The predicted octanol–water partition coefficient (Wildman–Crippen LogP) is 18.6. The van der Waals surface area contributed by atoms with Gasteiger partial charge < -0.3 is 4.42 Å². The van der Waals surface area contributed by atoms with E-state index in [4.69, 9.17) is 14.4 Å². The van der Waals surface area contributed by atoms with Gasteiger partial charge in [-0.15, -0.1) is 0 Å². The molecule has 0 aliphatic heterocycles. The molecule has 1 aliphatic rings. The van der Waals surface area contributed by atoms with Crippen LogP contribution < -0.4 is 5.19 Å². The largest absolute Gasteiger partial charge is 0.455 e. The molecule has 1 radical (unpaired) electrons. The molecule has 10 rings (SSSR count). The Morgan fingerprint density at radius 2 is 1.12 bits per heavy atom. The molecule has 0 unspecified atom stereocenters. The molecule has 0 saturated heterocycles. The Bertz CT molecular complexity index is 3270. The second kappa shape index (κ2) is 23.4. The summed E-state index contributed by atoms with van der Waals surface area (Å²) in [7, 11) is -1.36. The zero-order valence-corrected chi connectivity index (χ0v) is 49.9. The molecular formula is C68H79IrN3OSi. The third-order valence-electron chi connectivity index (χ3n) is 14.6. The first-order valence-corrected chi connectivity index (χ1v) is 30.2. The predicted molar refractivity (Wildman–Crippen MR) is 315 cm³/mol. The minimum Gasteiger partial charge on any atom is -0.455 e. The number of nitrogens with zero attached hydrogens (tertiary/aromatic N) is 3. The Morgan fingerprint density at radius 3 is 1.73 bits per heavy atom. The Morgan fingerprint density at radius 1 is 0.541 bits per heavy atom. The average Bonchev–Trinajstić information content (AvgIpc) is 4.04. The third kappa shape index (κ3) is 13.7. The van der Waals surface area contributed by atoms with E-state index in [0.717, 1.165) is 63.3 Å². The number of rotatable bonds is 9. The quantitative estimate of drug-likeness (QED) is 0.135. The molecule has 9 aromatic rings. The van der Waals surface area contributed by atoms with Crippen LogP contribution in [0.5, 0.6) is 0 Å². The van der Waals surface area contributed by atoms with Crippen LogP contribution in [0.4, 0.5) is 0 Å². The fourth-order valence-electron chi connectivity index (χ4n) is 10.9. The van der Waals surface area contributed by atoms with Gasteiger partial charge in [0.2, 0.25) is 0 Å². The number of hydrogen-bond acceptors (Lipinski definition) is 4. The van der Waals surface area contributed by atoms with Crippen LogP contribution in [-0.4, -0.2) is 23.0 Å². The van der Waals surface area contributed by atoms with Gasteiger partial charge in [-0.1, -0.05) is 185 Å². The number of aromatic nitrogens is 3. The van der Waals surface area contributed by atoms with Crippen molar-refractivity contribution < 1.29 is 24.5 Å². The van der Waals surface area contributed by atoms with Crippen molar-refractivity contribution in [2.45, 2.75) is 133 Å². The summed E-state index contributed by atoms with van der Waals surface area (Å²) in [6.45, 7) is 30.1. The van der Waals surface area contributed by atoms with Crippen LogP contribution in [0.3, 0.4) is 0 Å². The van der Waals surface area contributed by atoms with Crippen molar-refractivity contribution in [3.05, 3.63) is 192 Å². The molecule has 0 N–H and O–H groups in total.